The van der Waals surface area contributed by atoms with Crippen molar-refractivity contribution in [3.05, 3.63) is 93.8 Å². The highest BCUT2D eigenvalue weighted by Crippen LogP contribution is 2.20. The van der Waals surface area contributed by atoms with Crippen LogP contribution in [0.1, 0.15) is 16.1 Å². The maximum Gasteiger partial charge on any atom is 0.335 e. The van der Waals surface area contributed by atoms with E-state index in [1.165, 1.54) is 42.5 Å². The molecule has 3 aromatic rings. The Balaban J connectivity index is 1.87. The lowest BCUT2D eigenvalue weighted by Gasteiger charge is -2.08. The molecule has 0 aliphatic carbocycles. The van der Waals surface area contributed by atoms with E-state index in [1.54, 1.807) is 35.0 Å². The second kappa shape index (κ2) is 8.53. The monoisotopic (exact) mass is 402 g/mol. The van der Waals surface area contributed by atoms with Crippen LogP contribution in [0.3, 0.4) is 0 Å². The largest absolute Gasteiger partial charge is 0.478 e. The third-order valence-electron chi connectivity index (χ3n) is 4.14. The first kappa shape index (κ1) is 20.0. The van der Waals surface area contributed by atoms with Crippen LogP contribution in [0.15, 0.2) is 72.4 Å². The van der Waals surface area contributed by atoms with Gasteiger partial charge in [0.1, 0.15) is 11.6 Å². The predicted molar refractivity (Wildman–Crippen MR) is 108 cm³/mol. The van der Waals surface area contributed by atoms with Crippen molar-refractivity contribution in [2.75, 3.05) is 5.32 Å². The highest BCUT2D eigenvalue weighted by Gasteiger charge is 2.13. The maximum atomic E-state index is 12.5. The van der Waals surface area contributed by atoms with Gasteiger partial charge in [0.25, 0.3) is 11.6 Å². The van der Waals surface area contributed by atoms with E-state index in [0.717, 1.165) is 0 Å². The average molecular weight is 402 g/mol. The van der Waals surface area contributed by atoms with Gasteiger partial charge in [-0.1, -0.05) is 6.07 Å². The second-order valence-electron chi connectivity index (χ2n) is 6.09. The summed E-state index contributed by atoms with van der Waals surface area (Å²) in [6.45, 7) is 0. The lowest BCUT2D eigenvalue weighted by atomic mass is 10.1. The van der Waals surface area contributed by atoms with Gasteiger partial charge in [0.05, 0.1) is 10.5 Å². The number of non-ortho nitro benzene ring substituents is 1. The van der Waals surface area contributed by atoms with Gasteiger partial charge >= 0.3 is 5.97 Å². The molecule has 9 nitrogen and oxygen atoms in total. The van der Waals surface area contributed by atoms with Crippen LogP contribution in [-0.2, 0) is 4.79 Å². The van der Waals surface area contributed by atoms with Gasteiger partial charge in [0.2, 0.25) is 0 Å². The van der Waals surface area contributed by atoms with Crippen molar-refractivity contribution in [3.63, 3.8) is 0 Å². The molecule has 2 aromatic carbocycles. The standard InChI is InChI=1S/C21H14N4O5/c22-13-15(20(26)23-16-4-1-3-14(11-16)21(27)28)12-19-5-2-10-24(19)17-6-8-18(9-7-17)25(29)30/h1-12H,(H,23,26)(H,27,28). The van der Waals surface area contributed by atoms with Gasteiger partial charge in [-0.15, -0.1) is 0 Å². The number of nitrogens with zero attached hydrogens (tertiary/aromatic N) is 3. The van der Waals surface area contributed by atoms with Gasteiger partial charge in [-0.25, -0.2) is 4.79 Å². The Labute approximate surface area is 170 Å². The van der Waals surface area contributed by atoms with E-state index in [9.17, 15) is 25.0 Å². The highest BCUT2D eigenvalue weighted by atomic mass is 16.6. The van der Waals surface area contributed by atoms with Crippen LogP contribution < -0.4 is 5.32 Å². The minimum Gasteiger partial charge on any atom is -0.478 e. The second-order valence-corrected chi connectivity index (χ2v) is 6.09. The van der Waals surface area contributed by atoms with Crippen LogP contribution in [0.25, 0.3) is 11.8 Å². The Morgan fingerprint density at radius 1 is 1.13 bits per heavy atom. The van der Waals surface area contributed by atoms with Crippen LogP contribution in [0.4, 0.5) is 11.4 Å². The number of aromatic carboxylic acids is 1. The molecule has 0 atom stereocenters. The van der Waals surface area contributed by atoms with Crippen molar-refractivity contribution in [1.29, 1.82) is 5.26 Å². The fourth-order valence-corrected chi connectivity index (χ4v) is 2.71. The van der Waals surface area contributed by atoms with E-state index < -0.39 is 16.8 Å². The third kappa shape index (κ3) is 4.40. The number of nitriles is 1. The molecule has 148 valence electrons. The topological polar surface area (TPSA) is 138 Å². The molecule has 0 spiro atoms. The van der Waals surface area contributed by atoms with Crippen LogP contribution >= 0.6 is 0 Å². The normalized spacial score (nSPS) is 10.8. The van der Waals surface area contributed by atoms with Crippen molar-refractivity contribution in [2.45, 2.75) is 0 Å². The molecule has 1 amide bonds. The van der Waals surface area contributed by atoms with Gasteiger partial charge in [-0.2, -0.15) is 5.26 Å². The number of benzene rings is 2. The Kier molecular flexibility index (Phi) is 5.70. The number of nitro benzene ring substituents is 1. The summed E-state index contributed by atoms with van der Waals surface area (Å²) in [6, 6.07) is 16.7. The summed E-state index contributed by atoms with van der Waals surface area (Å²) in [7, 11) is 0. The number of aromatic nitrogens is 1. The van der Waals surface area contributed by atoms with E-state index >= 15 is 0 Å². The van der Waals surface area contributed by atoms with Crippen LogP contribution in [0.5, 0.6) is 0 Å². The molecular formula is C21H14N4O5. The summed E-state index contributed by atoms with van der Waals surface area (Å²) in [5.74, 6) is -1.83. The number of carboxylic acid groups (broad SMARTS) is 1. The first-order chi connectivity index (χ1) is 14.4. The minimum atomic E-state index is -1.14. The molecular weight excluding hydrogens is 388 g/mol. The summed E-state index contributed by atoms with van der Waals surface area (Å²) in [5, 5.41) is 31.8. The Bertz CT molecular complexity index is 1200. The lowest BCUT2D eigenvalue weighted by molar-refractivity contribution is -0.384. The number of carboxylic acids is 1. The molecule has 0 aliphatic rings. The molecule has 2 N–H and O–H groups in total. The van der Waals surface area contributed by atoms with Gasteiger partial charge < -0.3 is 15.0 Å². The lowest BCUT2D eigenvalue weighted by Crippen LogP contribution is -2.14. The predicted octanol–water partition coefficient (Wildman–Crippen LogP) is 3.63. The van der Waals surface area contributed by atoms with Crippen LogP contribution in [0, 0.1) is 21.4 Å². The molecule has 0 bridgehead atoms. The van der Waals surface area contributed by atoms with Crippen molar-refractivity contribution in [3.8, 4) is 11.8 Å². The number of nitro groups is 1. The zero-order valence-corrected chi connectivity index (χ0v) is 15.4. The molecule has 0 unspecified atom stereocenters. The first-order valence-corrected chi connectivity index (χ1v) is 8.58. The summed E-state index contributed by atoms with van der Waals surface area (Å²) in [5.41, 5.74) is 1.12. The van der Waals surface area contributed by atoms with Crippen molar-refractivity contribution < 1.29 is 19.6 Å². The number of hydrogen-bond donors (Lipinski definition) is 2. The van der Waals surface area contributed by atoms with Gasteiger partial charge in [-0.3, -0.25) is 14.9 Å². The number of amides is 1. The van der Waals surface area contributed by atoms with E-state index in [4.69, 9.17) is 5.11 Å². The quantitative estimate of drug-likeness (QED) is 0.279. The summed E-state index contributed by atoms with van der Waals surface area (Å²) < 4.78 is 1.67. The van der Waals surface area contributed by atoms with Gasteiger partial charge in [0, 0.05) is 35.4 Å². The number of nitrogens with one attached hydrogen (secondary N) is 1. The summed E-state index contributed by atoms with van der Waals surface area (Å²) in [6.07, 6.45) is 3.06. The molecule has 1 aromatic heterocycles. The molecule has 0 aliphatic heterocycles. The SMILES string of the molecule is N#CC(=Cc1cccn1-c1ccc([N+](=O)[O-])cc1)C(=O)Nc1cccc(C(=O)O)c1. The minimum absolute atomic E-state index is 0.00216. The van der Waals surface area contributed by atoms with Gasteiger partial charge in [0.15, 0.2) is 0 Å². The van der Waals surface area contributed by atoms with Crippen LogP contribution in [-0.4, -0.2) is 26.5 Å². The van der Waals surface area contributed by atoms with Crippen molar-refractivity contribution >= 4 is 29.3 Å². The number of carbonyl (C=O) groups is 2. The van der Waals surface area contributed by atoms with E-state index in [0.29, 0.717) is 11.4 Å². The fraction of sp³-hybridized carbons (Fsp3) is 0. The zero-order valence-electron chi connectivity index (χ0n) is 15.4. The van der Waals surface area contributed by atoms with Crippen LogP contribution in [0.2, 0.25) is 0 Å². The maximum absolute atomic E-state index is 12.5. The number of rotatable bonds is 6. The smallest absolute Gasteiger partial charge is 0.335 e. The molecule has 30 heavy (non-hydrogen) atoms. The van der Waals surface area contributed by atoms with Crippen molar-refractivity contribution in [1.82, 2.24) is 4.57 Å². The molecule has 9 heteroatoms. The fourth-order valence-electron chi connectivity index (χ4n) is 2.71. The van der Waals surface area contributed by atoms with E-state index in [-0.39, 0.29) is 22.5 Å². The molecule has 0 fully saturated rings. The average Bonchev–Trinajstić information content (AvgIpc) is 3.20. The number of hydrogen-bond acceptors (Lipinski definition) is 5. The summed E-state index contributed by atoms with van der Waals surface area (Å²) >= 11 is 0. The zero-order chi connectivity index (χ0) is 21.7. The molecule has 3 rings (SSSR count). The Morgan fingerprint density at radius 2 is 1.87 bits per heavy atom. The molecule has 0 saturated carbocycles. The number of anilines is 1. The van der Waals surface area contributed by atoms with E-state index in [2.05, 4.69) is 5.32 Å². The Morgan fingerprint density at radius 3 is 2.50 bits per heavy atom. The van der Waals surface area contributed by atoms with E-state index in [1.807, 2.05) is 6.07 Å². The molecule has 0 radical (unpaired) electrons. The van der Waals surface area contributed by atoms with Crippen molar-refractivity contribution in [2.24, 2.45) is 0 Å². The third-order valence-corrected chi connectivity index (χ3v) is 4.14. The molecule has 1 heterocycles. The highest BCUT2D eigenvalue weighted by molar-refractivity contribution is 6.09. The summed E-state index contributed by atoms with van der Waals surface area (Å²) in [4.78, 5) is 33.8. The molecule has 0 saturated heterocycles. The first-order valence-electron chi connectivity index (χ1n) is 8.58. The Hall–Kier alpha value is -4.71. The van der Waals surface area contributed by atoms with Gasteiger partial charge in [-0.05, 0) is 48.5 Å². The number of carbonyl (C=O) groups excluding carboxylic acids is 1.